The number of esters is 2. The van der Waals surface area contributed by atoms with Crippen molar-refractivity contribution in [1.29, 1.82) is 0 Å². The molecular weight excluding hydrogens is 1770 g/mol. The third-order valence-corrected chi connectivity index (χ3v) is 30.3. The standard InChI is InChI=1S/2C52H79N5O12/c1-31-16-12-11-13-17-32(2)43(65-8)28-39-21-19-37(7)52(64,69-39)49(61)50(62)56-23-15-14-18-41(56)51(63)68-44(34(4)26-38-20-22-40(45(27-38)66-9)57-30-53-54-55-57)29-42(58)33(3)25-36(6)47(60)48(67-10)46(59)35(5)24-31;1-31-16-12-11-13-17-32(2)43(65-8)28-39-21-19-37(7)52(64,69-39)49(61)50(62)56-23-15-14-18-41(56)51(63)68-44(34(4)26-38-20-22-40(45(27-38)66-9)57-54-30-53-55-57)29-42(58)33(3)25-36(6)47(60)48(67-10)46(59)35(5)24-31/h2*11-13,16-17,25,30-31,33-35,37-41,43-45,47-48,60,64H,14-15,18-24,26-29H2,1-10H3/b2*13-11+,16-12+,32-17+,36-25+/t2*31-,33-,34-,35?,37-,38+,39+,40+,41+,43+,44+,45-,47-,48?,52?/m11/s1. The number of methoxy groups -OCH3 is 6. The number of ether oxygens (including phenoxy) is 10. The second-order valence-corrected chi connectivity index (χ2v) is 40.7. The topological polar surface area (TPSA) is 438 Å². The first-order chi connectivity index (χ1) is 65.6. The Labute approximate surface area is 815 Å². The van der Waals surface area contributed by atoms with Crippen LogP contribution in [0.3, 0.4) is 0 Å². The number of allylic oxidation sites excluding steroid dienone is 12. The van der Waals surface area contributed by atoms with Gasteiger partial charge in [0, 0.05) is 117 Å². The number of carbonyl (C=O) groups excluding carboxylic acids is 10. The Morgan fingerprint density at radius 3 is 1.27 bits per heavy atom. The largest absolute Gasteiger partial charge is 0.460 e. The summed E-state index contributed by atoms with van der Waals surface area (Å²) in [7, 11) is 9.23. The van der Waals surface area contributed by atoms with E-state index < -0.39 is 156 Å². The quantitative estimate of drug-likeness (QED) is 0.0775. The smallest absolute Gasteiger partial charge is 0.329 e. The summed E-state index contributed by atoms with van der Waals surface area (Å²) in [6, 6.07) is -2.44. The molecule has 4 saturated heterocycles. The number of hydrogen-bond acceptors (Lipinski definition) is 30. The van der Waals surface area contributed by atoms with Crippen molar-refractivity contribution in [3.63, 3.8) is 0 Å². The Balaban J connectivity index is 0.000000309. The number of nitrogens with zero attached hydrogens (tertiary/aromatic N) is 10. The Morgan fingerprint density at radius 2 is 0.884 bits per heavy atom. The van der Waals surface area contributed by atoms with Crippen LogP contribution in [-0.2, 0) is 95.3 Å². The zero-order chi connectivity index (χ0) is 101. The molecule has 2 aromatic rings. The van der Waals surface area contributed by atoms with Gasteiger partial charge in [-0.05, 0) is 230 Å². The van der Waals surface area contributed by atoms with E-state index in [4.69, 9.17) is 47.4 Å². The van der Waals surface area contributed by atoms with Crippen LogP contribution in [0.4, 0.5) is 0 Å². The number of Topliss-reactive ketones (excluding diaryl/α,β-unsaturated/α-hetero) is 6. The van der Waals surface area contributed by atoms with E-state index in [9.17, 15) is 68.4 Å². The molecule has 6 unspecified atom stereocenters. The van der Waals surface area contributed by atoms with Gasteiger partial charge in [-0.1, -0.05) is 142 Å². The molecule has 0 radical (unpaired) electrons. The van der Waals surface area contributed by atoms with Crippen LogP contribution in [0.1, 0.15) is 263 Å². The van der Waals surface area contributed by atoms with Crippen molar-refractivity contribution in [1.82, 2.24) is 50.2 Å². The van der Waals surface area contributed by atoms with Crippen molar-refractivity contribution >= 4 is 58.5 Å². The molecular formula is C104H158N10O24. The third-order valence-electron chi connectivity index (χ3n) is 30.3. The molecule has 8 aliphatic rings. The summed E-state index contributed by atoms with van der Waals surface area (Å²) in [4.78, 5) is 146. The third kappa shape index (κ3) is 29.8. The molecule has 0 spiro atoms. The van der Waals surface area contributed by atoms with Gasteiger partial charge in [-0.15, -0.1) is 15.3 Å². The van der Waals surface area contributed by atoms with Gasteiger partial charge in [-0.25, -0.2) is 14.3 Å². The Kier molecular flexibility index (Phi) is 43.9. The molecule has 8 heterocycles. The highest BCUT2D eigenvalue weighted by atomic mass is 16.6. The van der Waals surface area contributed by atoms with Crippen LogP contribution in [0, 0.1) is 71.0 Å². The van der Waals surface area contributed by atoms with Crippen molar-refractivity contribution in [2.75, 3.05) is 55.7 Å². The van der Waals surface area contributed by atoms with E-state index in [1.807, 2.05) is 116 Å². The fourth-order valence-electron chi connectivity index (χ4n) is 21.4. The van der Waals surface area contributed by atoms with Gasteiger partial charge in [0.15, 0.2) is 17.9 Å². The van der Waals surface area contributed by atoms with Crippen LogP contribution in [-0.4, -0.2) is 282 Å². The molecule has 6 fully saturated rings. The van der Waals surface area contributed by atoms with Crippen molar-refractivity contribution < 1.29 is 116 Å². The van der Waals surface area contributed by atoms with E-state index in [2.05, 4.69) is 30.9 Å². The summed E-state index contributed by atoms with van der Waals surface area (Å²) >= 11 is 0. The molecule has 6 aliphatic heterocycles. The summed E-state index contributed by atoms with van der Waals surface area (Å²) in [5, 5.41) is 70.9. The van der Waals surface area contributed by atoms with Crippen LogP contribution >= 0.6 is 0 Å². The summed E-state index contributed by atoms with van der Waals surface area (Å²) in [5.74, 6) is -15.9. The Morgan fingerprint density at radius 1 is 0.464 bits per heavy atom. The van der Waals surface area contributed by atoms with Gasteiger partial charge in [0.25, 0.3) is 23.4 Å². The van der Waals surface area contributed by atoms with Crippen LogP contribution in [0.25, 0.3) is 0 Å². The molecule has 768 valence electrons. The lowest BCUT2D eigenvalue weighted by Gasteiger charge is -2.42. The summed E-state index contributed by atoms with van der Waals surface area (Å²) < 4.78 is 61.4. The maximum absolute atomic E-state index is 14.5. The van der Waals surface area contributed by atoms with Crippen LogP contribution in [0.2, 0.25) is 0 Å². The SMILES string of the molecule is COC1C(=O)C(C)C[C@H](C)/C=C/C=C/C=C(\C)[C@@H](OC)C[C@@H]2CC[C@@H](C)C(O)(O2)C(=O)C(=O)N2CCCC[C@H]2C(=O)O[C@H]([C@H](C)C[C@@H]2CC[C@H](n3cnnn3)[C@H](OC)C2)CC(=O)[C@H](C)/C=C(\C)[C@H]1O.COC1C(=O)C(C)C[C@H](C)/C=C/C=C/C=C(\C)[C@@H](OC)C[C@@H]2CC[C@@H](C)C(O)(O2)C(=O)C(=O)N2CCCC[C@H]2C(=O)O[C@H]([C@H](C)C[C@@H]2CC[C@H](n3ncnn3)[C@H](OC)C2)CC(=O)[C@H](C)/C=C(\C)[C@H]1O. The molecule has 10 rings (SSSR count). The minimum Gasteiger partial charge on any atom is -0.460 e. The summed E-state index contributed by atoms with van der Waals surface area (Å²) in [6.07, 6.45) is 27.6. The molecule has 2 aromatic heterocycles. The van der Waals surface area contributed by atoms with Crippen LogP contribution < -0.4 is 0 Å². The number of cyclic esters (lactones) is 2. The first-order valence-corrected chi connectivity index (χ1v) is 50.1. The molecule has 2 amide bonds. The van der Waals surface area contributed by atoms with E-state index in [1.165, 1.54) is 30.3 Å². The van der Waals surface area contributed by atoms with Gasteiger partial charge in [0.2, 0.25) is 11.6 Å². The predicted octanol–water partition coefficient (Wildman–Crippen LogP) is 12.1. The number of carbonyl (C=O) groups is 10. The predicted molar refractivity (Wildman–Crippen MR) is 512 cm³/mol. The van der Waals surface area contributed by atoms with Gasteiger partial charge in [-0.2, -0.15) is 4.80 Å². The number of ketones is 6. The maximum atomic E-state index is 14.5. The number of aromatic nitrogens is 8. The lowest BCUT2D eigenvalue weighted by molar-refractivity contribution is -0.265. The number of aliphatic hydroxyl groups excluding tert-OH is 2. The number of aliphatic hydroxyl groups is 4. The molecule has 2 saturated carbocycles. The minimum absolute atomic E-state index is 0.0168. The molecule has 34 nitrogen and oxygen atoms in total. The summed E-state index contributed by atoms with van der Waals surface area (Å²) in [5.41, 5.74) is 2.54. The fourth-order valence-corrected chi connectivity index (χ4v) is 21.4. The number of tetrazole rings is 2. The molecule has 4 bridgehead atoms. The number of fused-ring (bicyclic) bond motifs is 6. The van der Waals surface area contributed by atoms with Crippen molar-refractivity contribution in [3.8, 4) is 0 Å². The van der Waals surface area contributed by atoms with Crippen LogP contribution in [0.15, 0.2) is 108 Å². The molecule has 30 atom stereocenters. The van der Waals surface area contributed by atoms with Crippen LogP contribution in [0.5, 0.6) is 0 Å². The molecule has 138 heavy (non-hydrogen) atoms. The zero-order valence-electron chi connectivity index (χ0n) is 85.1. The van der Waals surface area contributed by atoms with E-state index in [1.54, 1.807) is 97.9 Å². The number of amides is 2. The highest BCUT2D eigenvalue weighted by Gasteiger charge is 2.56. The Hall–Kier alpha value is -8.52. The maximum Gasteiger partial charge on any atom is 0.329 e. The summed E-state index contributed by atoms with van der Waals surface area (Å²) in [6.45, 7) is 25.6. The van der Waals surface area contributed by atoms with Crippen molar-refractivity contribution in [2.45, 2.75) is 360 Å². The first kappa shape index (κ1) is 113. The highest BCUT2D eigenvalue weighted by molar-refractivity contribution is 6.39. The van der Waals surface area contributed by atoms with E-state index in [0.717, 1.165) is 36.8 Å². The molecule has 0 aromatic carbocycles. The molecule has 34 heteroatoms. The second kappa shape index (κ2) is 53.5. The molecule has 4 N–H and O–H groups in total. The number of rotatable bonds is 14. The first-order valence-electron chi connectivity index (χ1n) is 50.1. The number of piperidine rings is 2. The lowest BCUT2D eigenvalue weighted by atomic mass is 9.77. The van der Waals surface area contributed by atoms with Gasteiger partial charge in [-0.3, -0.25) is 38.4 Å². The van der Waals surface area contributed by atoms with Crippen molar-refractivity contribution in [2.24, 2.45) is 71.0 Å². The van der Waals surface area contributed by atoms with Crippen molar-refractivity contribution in [3.05, 3.63) is 108 Å². The fraction of sp³-hybridized carbons (Fsp3) is 0.731. The average Bonchev–Trinajstić information content (AvgIpc) is 0.849. The van der Waals surface area contributed by atoms with E-state index in [0.29, 0.717) is 114 Å². The van der Waals surface area contributed by atoms with Gasteiger partial charge < -0.3 is 77.6 Å². The highest BCUT2D eigenvalue weighted by Crippen LogP contribution is 2.44. The molecule has 2 aliphatic carbocycles. The van der Waals surface area contributed by atoms with Gasteiger partial charge >= 0.3 is 11.9 Å². The second-order valence-electron chi connectivity index (χ2n) is 40.7. The van der Waals surface area contributed by atoms with Gasteiger partial charge in [0.1, 0.15) is 66.6 Å². The average molecular weight is 1930 g/mol. The minimum atomic E-state index is -2.43. The Bertz CT molecular complexity index is 4320. The van der Waals surface area contributed by atoms with Gasteiger partial charge in [0.05, 0.1) is 48.7 Å². The monoisotopic (exact) mass is 1930 g/mol. The normalized spacial score (nSPS) is 38.8. The van der Waals surface area contributed by atoms with E-state index >= 15 is 0 Å². The number of hydrogen-bond donors (Lipinski definition) is 4. The lowest BCUT2D eigenvalue weighted by Crippen LogP contribution is -2.61. The van der Waals surface area contributed by atoms with E-state index in [-0.39, 0.29) is 122 Å². The zero-order valence-corrected chi connectivity index (χ0v) is 85.1.